The number of benzene rings is 2. The second-order valence-electron chi connectivity index (χ2n) is 4.25. The molecule has 0 saturated heterocycles. The molecule has 2 aromatic rings. The molecule has 0 saturated carbocycles. The Morgan fingerprint density at radius 1 is 0.818 bits per heavy atom. The van der Waals surface area contributed by atoms with Crippen molar-refractivity contribution in [1.82, 2.24) is 0 Å². The summed E-state index contributed by atoms with van der Waals surface area (Å²) in [6.07, 6.45) is 12.3. The van der Waals surface area contributed by atoms with Crippen LogP contribution in [-0.4, -0.2) is 0 Å². The first-order valence-corrected chi connectivity index (χ1v) is 8.02. The van der Waals surface area contributed by atoms with Crippen molar-refractivity contribution >= 4 is 21.9 Å². The molecule has 0 spiro atoms. The molecule has 0 aliphatic heterocycles. The molecule has 1 aliphatic rings. The molecule has 0 amide bonds. The van der Waals surface area contributed by atoms with Gasteiger partial charge in [-0.1, -0.05) is 76.2 Å². The summed E-state index contributed by atoms with van der Waals surface area (Å²) in [6.45, 7) is 12.3. The Morgan fingerprint density at radius 3 is 1.82 bits per heavy atom. The highest BCUT2D eigenvalue weighted by molar-refractivity contribution is 6.15. The van der Waals surface area contributed by atoms with Crippen molar-refractivity contribution in [3.8, 4) is 12.8 Å². The summed E-state index contributed by atoms with van der Waals surface area (Å²) in [4.78, 5) is 0. The summed E-state index contributed by atoms with van der Waals surface area (Å²) in [5.41, 5.74) is 5.53. The lowest BCUT2D eigenvalue weighted by atomic mass is 10.0. The molecule has 0 bridgehead atoms. The van der Waals surface area contributed by atoms with E-state index in [2.05, 4.69) is 75.2 Å². The molecule has 0 N–H and O–H groups in total. The molecule has 0 fully saturated rings. The van der Waals surface area contributed by atoms with Crippen molar-refractivity contribution in [2.24, 2.45) is 0 Å². The minimum Gasteiger partial charge on any atom is -0.124 e. The molecule has 3 rings (SSSR count). The molecule has 0 heteroatoms. The number of terminal acetylenes is 1. The van der Waals surface area contributed by atoms with Crippen LogP contribution in [0.5, 0.6) is 0 Å². The van der Waals surface area contributed by atoms with Crippen LogP contribution in [0.25, 0.3) is 21.9 Å². The van der Waals surface area contributed by atoms with Gasteiger partial charge in [0.1, 0.15) is 0 Å². The van der Waals surface area contributed by atoms with Crippen LogP contribution in [0.3, 0.4) is 0 Å². The van der Waals surface area contributed by atoms with Gasteiger partial charge >= 0.3 is 0 Å². The summed E-state index contributed by atoms with van der Waals surface area (Å²) >= 11 is 0. The van der Waals surface area contributed by atoms with E-state index in [9.17, 15) is 0 Å². The van der Waals surface area contributed by atoms with E-state index in [1.807, 2.05) is 27.7 Å². The summed E-state index contributed by atoms with van der Waals surface area (Å²) in [7, 11) is 0. The maximum Gasteiger partial charge on any atom is -0.00299 e. The van der Waals surface area contributed by atoms with Gasteiger partial charge < -0.3 is 0 Å². The third-order valence-corrected chi connectivity index (χ3v) is 3.34. The lowest BCUT2D eigenvalue weighted by Crippen LogP contribution is -1.79. The first-order chi connectivity index (χ1) is 10.8. The van der Waals surface area contributed by atoms with Gasteiger partial charge in [0, 0.05) is 0 Å². The van der Waals surface area contributed by atoms with Crippen molar-refractivity contribution < 1.29 is 0 Å². The Morgan fingerprint density at radius 2 is 1.32 bits per heavy atom. The molecule has 0 atom stereocenters. The van der Waals surface area contributed by atoms with Crippen LogP contribution in [0.15, 0.2) is 48.6 Å². The lowest BCUT2D eigenvalue weighted by molar-refractivity contribution is 1.50. The van der Waals surface area contributed by atoms with Crippen molar-refractivity contribution in [3.05, 3.63) is 59.7 Å². The van der Waals surface area contributed by atoms with Gasteiger partial charge in [0.15, 0.2) is 0 Å². The second-order valence-corrected chi connectivity index (χ2v) is 4.25. The predicted octanol–water partition coefficient (Wildman–Crippen LogP) is 6.96. The predicted molar refractivity (Wildman–Crippen MR) is 104 cm³/mol. The maximum atomic E-state index is 4.00. The van der Waals surface area contributed by atoms with Gasteiger partial charge in [-0.15, -0.1) is 12.8 Å². The lowest BCUT2D eigenvalue weighted by Gasteiger charge is -2.02. The SMILES string of the molecule is C#C.C/C=C\C1=C(C)c2cccc3cccc1c23.CC.CC. The van der Waals surface area contributed by atoms with Crippen LogP contribution in [0, 0.1) is 12.8 Å². The molecule has 22 heavy (non-hydrogen) atoms. The molecular weight excluding hydrogens is 264 g/mol. The minimum absolute atomic E-state index is 1.34. The third kappa shape index (κ3) is 3.68. The quantitative estimate of drug-likeness (QED) is 0.498. The van der Waals surface area contributed by atoms with Crippen LogP contribution >= 0.6 is 0 Å². The highest BCUT2D eigenvalue weighted by atomic mass is 14.2. The number of allylic oxidation sites excluding steroid dienone is 4. The van der Waals surface area contributed by atoms with E-state index in [0.29, 0.717) is 0 Å². The molecule has 0 unspecified atom stereocenters. The van der Waals surface area contributed by atoms with Crippen molar-refractivity contribution in [2.45, 2.75) is 41.5 Å². The van der Waals surface area contributed by atoms with E-state index in [4.69, 9.17) is 0 Å². The Kier molecular flexibility index (Phi) is 9.39. The molecule has 0 heterocycles. The molecule has 1 aliphatic carbocycles. The second kappa shape index (κ2) is 10.5. The van der Waals surface area contributed by atoms with Gasteiger partial charge in [0.05, 0.1) is 0 Å². The van der Waals surface area contributed by atoms with Gasteiger partial charge in [-0.05, 0) is 46.9 Å². The van der Waals surface area contributed by atoms with E-state index < -0.39 is 0 Å². The fraction of sp³-hybridized carbons (Fsp3) is 0.273. The monoisotopic (exact) mass is 292 g/mol. The van der Waals surface area contributed by atoms with E-state index in [1.165, 1.54) is 33.0 Å². The zero-order valence-corrected chi connectivity index (χ0v) is 14.8. The summed E-state index contributed by atoms with van der Waals surface area (Å²) in [5, 5.41) is 2.75. The van der Waals surface area contributed by atoms with Crippen molar-refractivity contribution in [3.63, 3.8) is 0 Å². The van der Waals surface area contributed by atoms with Gasteiger partial charge in [-0.2, -0.15) is 0 Å². The van der Waals surface area contributed by atoms with Gasteiger partial charge in [-0.25, -0.2) is 0 Å². The van der Waals surface area contributed by atoms with E-state index in [1.54, 1.807) is 0 Å². The highest BCUT2D eigenvalue weighted by Gasteiger charge is 2.18. The zero-order valence-electron chi connectivity index (χ0n) is 14.8. The highest BCUT2D eigenvalue weighted by Crippen LogP contribution is 2.42. The normalized spacial score (nSPS) is 11.1. The number of hydrogen-bond donors (Lipinski definition) is 0. The third-order valence-electron chi connectivity index (χ3n) is 3.34. The molecule has 0 nitrogen and oxygen atoms in total. The first kappa shape index (κ1) is 19.7. The smallest absolute Gasteiger partial charge is 0.00299 e. The topological polar surface area (TPSA) is 0 Å². The van der Waals surface area contributed by atoms with E-state index in [0.717, 1.165) is 0 Å². The largest absolute Gasteiger partial charge is 0.124 e. The Labute approximate surface area is 136 Å². The van der Waals surface area contributed by atoms with Crippen LogP contribution in [0.1, 0.15) is 52.7 Å². The van der Waals surface area contributed by atoms with Gasteiger partial charge in [-0.3, -0.25) is 0 Å². The molecule has 0 aromatic heterocycles. The summed E-state index contributed by atoms with van der Waals surface area (Å²) in [5.74, 6) is 0. The number of hydrogen-bond acceptors (Lipinski definition) is 0. The van der Waals surface area contributed by atoms with Crippen LogP contribution in [-0.2, 0) is 0 Å². The fourth-order valence-corrected chi connectivity index (χ4v) is 2.61. The summed E-state index contributed by atoms with van der Waals surface area (Å²) < 4.78 is 0. The fourth-order valence-electron chi connectivity index (χ4n) is 2.61. The standard InChI is InChI=1S/C16H14.2C2H6.C2H2/c1-3-6-13-11(2)14-9-4-7-12-8-5-10-15(13)16(12)14;3*1-2/h3-10H,1-2H3;2*1-2H3;1-2H/b6-3-;;;. The summed E-state index contributed by atoms with van der Waals surface area (Å²) in [6, 6.07) is 13.1. The molecule has 116 valence electrons. The van der Waals surface area contributed by atoms with E-state index in [-0.39, 0.29) is 0 Å². The van der Waals surface area contributed by atoms with Crippen LogP contribution < -0.4 is 0 Å². The molecule has 0 radical (unpaired) electrons. The van der Waals surface area contributed by atoms with Crippen molar-refractivity contribution in [2.75, 3.05) is 0 Å². The van der Waals surface area contributed by atoms with E-state index >= 15 is 0 Å². The zero-order chi connectivity index (χ0) is 17.1. The van der Waals surface area contributed by atoms with Crippen LogP contribution in [0.4, 0.5) is 0 Å². The molecular formula is C22H28. The average molecular weight is 292 g/mol. The van der Waals surface area contributed by atoms with Crippen molar-refractivity contribution in [1.29, 1.82) is 0 Å². The number of rotatable bonds is 1. The Balaban J connectivity index is 0.000000661. The maximum absolute atomic E-state index is 4.00. The van der Waals surface area contributed by atoms with Crippen LogP contribution in [0.2, 0.25) is 0 Å². The minimum atomic E-state index is 1.34. The van der Waals surface area contributed by atoms with Gasteiger partial charge in [0.25, 0.3) is 0 Å². The first-order valence-electron chi connectivity index (χ1n) is 8.02. The average Bonchev–Trinajstić information content (AvgIpc) is 2.89. The van der Waals surface area contributed by atoms with Gasteiger partial charge in [0.2, 0.25) is 0 Å². The Hall–Kier alpha value is -2.26. The molecule has 2 aromatic carbocycles. The Bertz CT molecular complexity index is 661.